The average molecular weight is 222 g/mol. The molecule has 0 saturated carbocycles. The van der Waals surface area contributed by atoms with Crippen LogP contribution in [0.5, 0.6) is 0 Å². The first-order valence-corrected chi connectivity index (χ1v) is 6.25. The monoisotopic (exact) mass is 222 g/mol. The van der Waals surface area contributed by atoms with Crippen LogP contribution in [-0.4, -0.2) is 0 Å². The molecule has 0 unspecified atom stereocenters. The van der Waals surface area contributed by atoms with Crippen molar-refractivity contribution in [1.82, 2.24) is 0 Å². The van der Waals surface area contributed by atoms with Crippen LogP contribution in [0.2, 0.25) is 0 Å². The topological polar surface area (TPSA) is 0 Å². The largest absolute Gasteiger partial charge is 0.0724 e. The number of hydrogen-bond donors (Lipinski definition) is 0. The van der Waals surface area contributed by atoms with Gasteiger partial charge < -0.3 is 0 Å². The maximum absolute atomic E-state index is 2.31. The molecule has 0 nitrogen and oxygen atoms in total. The molecule has 0 bridgehead atoms. The lowest BCUT2D eigenvalue weighted by atomic mass is 9.69. The van der Waals surface area contributed by atoms with E-state index >= 15 is 0 Å². The molecule has 0 spiro atoms. The molecule has 0 fully saturated rings. The summed E-state index contributed by atoms with van der Waals surface area (Å²) in [6.07, 6.45) is 0. The maximum atomic E-state index is 2.31. The van der Waals surface area contributed by atoms with Gasteiger partial charge in [-0.15, -0.1) is 0 Å². The molecule has 16 heavy (non-hydrogen) atoms. The lowest BCUT2D eigenvalue weighted by Gasteiger charge is -2.35. The van der Waals surface area contributed by atoms with Gasteiger partial charge in [-0.1, -0.05) is 52.7 Å². The first-order valence-electron chi connectivity index (χ1n) is 6.25. The second-order valence-corrected chi connectivity index (χ2v) is 7.25. The third-order valence-electron chi connectivity index (χ3n) is 2.75. The van der Waals surface area contributed by atoms with E-state index < -0.39 is 0 Å². The standard InChI is InChI=1S/C16H30/c1-11(2)13(15(5,6)7)14(12(3)4)16(8,9)10/h1-10H3. The van der Waals surface area contributed by atoms with Crippen LogP contribution in [0.1, 0.15) is 69.2 Å². The zero-order valence-corrected chi connectivity index (χ0v) is 13.0. The van der Waals surface area contributed by atoms with Gasteiger partial charge in [-0.05, 0) is 49.7 Å². The molecule has 0 aliphatic carbocycles. The Morgan fingerprint density at radius 1 is 0.500 bits per heavy atom. The second kappa shape index (κ2) is 4.77. The Balaban J connectivity index is 5.95. The average Bonchev–Trinajstić information content (AvgIpc) is 1.92. The van der Waals surface area contributed by atoms with Crippen LogP contribution in [-0.2, 0) is 0 Å². The van der Waals surface area contributed by atoms with E-state index in [0.29, 0.717) is 0 Å². The van der Waals surface area contributed by atoms with Crippen molar-refractivity contribution in [3.05, 3.63) is 22.3 Å². The normalized spacial score (nSPS) is 12.4. The Kier molecular flexibility index (Phi) is 4.62. The molecular formula is C16H30. The van der Waals surface area contributed by atoms with Crippen molar-refractivity contribution in [1.29, 1.82) is 0 Å². The number of rotatable bonds is 1. The van der Waals surface area contributed by atoms with Crippen LogP contribution in [0.4, 0.5) is 0 Å². The minimum absolute atomic E-state index is 0.221. The highest BCUT2D eigenvalue weighted by molar-refractivity contribution is 5.43. The van der Waals surface area contributed by atoms with Crippen LogP contribution in [0.3, 0.4) is 0 Å². The second-order valence-electron chi connectivity index (χ2n) is 7.25. The predicted molar refractivity (Wildman–Crippen MR) is 75.7 cm³/mol. The first kappa shape index (κ1) is 15.5. The lowest BCUT2D eigenvalue weighted by molar-refractivity contribution is 0.438. The van der Waals surface area contributed by atoms with E-state index in [1.165, 1.54) is 22.3 Å². The molecule has 0 heteroatoms. The zero-order valence-electron chi connectivity index (χ0n) is 13.0. The first-order chi connectivity index (χ1) is 6.89. The van der Waals surface area contributed by atoms with Crippen molar-refractivity contribution in [2.75, 3.05) is 0 Å². The predicted octanol–water partition coefficient (Wildman–Crippen LogP) is 5.75. The minimum atomic E-state index is 0.221. The molecule has 0 aliphatic heterocycles. The molecule has 0 aliphatic rings. The molecule has 0 aromatic carbocycles. The van der Waals surface area contributed by atoms with E-state index in [9.17, 15) is 0 Å². The summed E-state index contributed by atoms with van der Waals surface area (Å²) in [5.41, 5.74) is 6.38. The summed E-state index contributed by atoms with van der Waals surface area (Å²) in [7, 11) is 0. The fourth-order valence-electron chi connectivity index (χ4n) is 2.75. The van der Waals surface area contributed by atoms with Gasteiger partial charge in [0, 0.05) is 0 Å². The van der Waals surface area contributed by atoms with Crippen molar-refractivity contribution in [2.24, 2.45) is 10.8 Å². The van der Waals surface area contributed by atoms with Gasteiger partial charge in [-0.3, -0.25) is 0 Å². The quantitative estimate of drug-likeness (QED) is 0.495. The van der Waals surface area contributed by atoms with Crippen molar-refractivity contribution >= 4 is 0 Å². The van der Waals surface area contributed by atoms with E-state index in [-0.39, 0.29) is 10.8 Å². The SMILES string of the molecule is CC(C)=C(C(=C(C)C)C(C)(C)C)C(C)(C)C. The maximum Gasteiger partial charge on any atom is -0.0130 e. The van der Waals surface area contributed by atoms with Crippen LogP contribution in [0.25, 0.3) is 0 Å². The van der Waals surface area contributed by atoms with E-state index in [2.05, 4.69) is 69.2 Å². The van der Waals surface area contributed by atoms with Crippen molar-refractivity contribution in [2.45, 2.75) is 69.2 Å². The Hall–Kier alpha value is -0.520. The minimum Gasteiger partial charge on any atom is -0.0724 e. The summed E-state index contributed by atoms with van der Waals surface area (Å²) in [6.45, 7) is 22.8. The molecule has 0 rings (SSSR count). The van der Waals surface area contributed by atoms with Gasteiger partial charge in [0.25, 0.3) is 0 Å². The zero-order chi connectivity index (χ0) is 13.3. The Morgan fingerprint density at radius 2 is 0.688 bits per heavy atom. The van der Waals surface area contributed by atoms with Crippen LogP contribution in [0, 0.1) is 10.8 Å². The van der Waals surface area contributed by atoms with E-state index in [1.54, 1.807) is 0 Å². The van der Waals surface area contributed by atoms with Crippen LogP contribution < -0.4 is 0 Å². The lowest BCUT2D eigenvalue weighted by Crippen LogP contribution is -2.22. The Labute approximate surface area is 103 Å². The van der Waals surface area contributed by atoms with E-state index in [1.807, 2.05) is 0 Å². The summed E-state index contributed by atoms with van der Waals surface area (Å²) >= 11 is 0. The van der Waals surface area contributed by atoms with E-state index in [0.717, 1.165) is 0 Å². The summed E-state index contributed by atoms with van der Waals surface area (Å²) in [6, 6.07) is 0. The third-order valence-corrected chi connectivity index (χ3v) is 2.75. The van der Waals surface area contributed by atoms with Crippen LogP contribution >= 0.6 is 0 Å². The van der Waals surface area contributed by atoms with Gasteiger partial charge in [-0.25, -0.2) is 0 Å². The Morgan fingerprint density at radius 3 is 0.750 bits per heavy atom. The highest BCUT2D eigenvalue weighted by atomic mass is 14.3. The van der Waals surface area contributed by atoms with Crippen molar-refractivity contribution < 1.29 is 0 Å². The summed E-state index contributed by atoms with van der Waals surface area (Å²) < 4.78 is 0. The molecule has 0 N–H and O–H groups in total. The molecular weight excluding hydrogens is 192 g/mol. The molecule has 94 valence electrons. The molecule has 0 aromatic heterocycles. The van der Waals surface area contributed by atoms with Gasteiger partial charge in [0.2, 0.25) is 0 Å². The highest BCUT2D eigenvalue weighted by Gasteiger charge is 2.29. The van der Waals surface area contributed by atoms with E-state index in [4.69, 9.17) is 0 Å². The molecule has 0 heterocycles. The van der Waals surface area contributed by atoms with Gasteiger partial charge in [0.05, 0.1) is 0 Å². The number of allylic oxidation sites excluding steroid dienone is 4. The Bertz CT molecular complexity index is 269. The molecule has 0 aromatic rings. The third kappa shape index (κ3) is 3.81. The fourth-order valence-corrected chi connectivity index (χ4v) is 2.75. The highest BCUT2D eigenvalue weighted by Crippen LogP contribution is 2.43. The van der Waals surface area contributed by atoms with Gasteiger partial charge >= 0.3 is 0 Å². The summed E-state index contributed by atoms with van der Waals surface area (Å²) in [5, 5.41) is 0. The number of hydrogen-bond acceptors (Lipinski definition) is 0. The van der Waals surface area contributed by atoms with Gasteiger partial charge in [-0.2, -0.15) is 0 Å². The van der Waals surface area contributed by atoms with Gasteiger partial charge in [0.15, 0.2) is 0 Å². The van der Waals surface area contributed by atoms with Crippen LogP contribution in [0.15, 0.2) is 22.3 Å². The summed E-state index contributed by atoms with van der Waals surface area (Å²) in [4.78, 5) is 0. The summed E-state index contributed by atoms with van der Waals surface area (Å²) in [5.74, 6) is 0. The van der Waals surface area contributed by atoms with Crippen molar-refractivity contribution in [3.8, 4) is 0 Å². The fraction of sp³-hybridized carbons (Fsp3) is 0.750. The smallest absolute Gasteiger partial charge is 0.0130 e. The molecule has 0 radical (unpaired) electrons. The molecule has 0 saturated heterocycles. The molecule has 0 atom stereocenters. The molecule has 0 amide bonds. The van der Waals surface area contributed by atoms with Crippen molar-refractivity contribution in [3.63, 3.8) is 0 Å². The van der Waals surface area contributed by atoms with Gasteiger partial charge in [0.1, 0.15) is 0 Å².